The van der Waals surface area contributed by atoms with Gasteiger partial charge in [0.1, 0.15) is 5.82 Å². The Morgan fingerprint density at radius 3 is 2.17 bits per heavy atom. The zero-order chi connectivity index (χ0) is 41.1. The molecule has 1 saturated heterocycles. The van der Waals surface area contributed by atoms with Crippen LogP contribution in [0.25, 0.3) is 5.57 Å². The average molecular weight is 748 g/mol. The number of hydrogen-bond donors (Lipinski definition) is 2. The second-order valence-corrected chi connectivity index (χ2v) is 11.2. The van der Waals surface area contributed by atoms with E-state index in [9.17, 15) is 22.4 Å². The van der Waals surface area contributed by atoms with Crippen molar-refractivity contribution in [3.8, 4) is 6.07 Å². The standard InChI is InChI=1S/C26H33F4N3O2.C10H14N2.C2H6.CH5N.CH3N/c1-6-8-13-31-18(3)24(21(7-2)22-11-9-10-12-23(22)27)19(4)32-14-16-33(17-15-32)25(34)35-20(5)26(28,29)30;1-3-4-10-7-9(8-11)5-6-12(10)2;3*1-2/h7-13,20H,6,14-17H2,1-5H3;5,7H,3-4,6H2,1-2H3;1-2H3;2H2,1H3;2H,1H2/b13-8+,21-7-,24-19-,31-18+;;;;. The molecule has 1 amide bonds. The number of carbonyl (C=O) groups is 1. The number of carbonyl (C=O) groups excluding carboxylic acids is 1. The Morgan fingerprint density at radius 2 is 1.68 bits per heavy atom. The summed E-state index contributed by atoms with van der Waals surface area (Å²) < 4.78 is 57.5. The summed E-state index contributed by atoms with van der Waals surface area (Å²) in [6.45, 7) is 19.1. The van der Waals surface area contributed by atoms with Crippen LogP contribution in [0.15, 0.2) is 82.3 Å². The van der Waals surface area contributed by atoms with Gasteiger partial charge in [-0.2, -0.15) is 18.4 Å². The van der Waals surface area contributed by atoms with Gasteiger partial charge in [-0.05, 0) is 78.1 Å². The van der Waals surface area contributed by atoms with E-state index in [0.717, 1.165) is 49.6 Å². The summed E-state index contributed by atoms with van der Waals surface area (Å²) in [6, 6.07) is 8.69. The number of halogens is 4. The van der Waals surface area contributed by atoms with Crippen molar-refractivity contribution in [2.75, 3.05) is 46.8 Å². The van der Waals surface area contributed by atoms with Crippen molar-refractivity contribution < 1.29 is 27.1 Å². The van der Waals surface area contributed by atoms with Crippen LogP contribution in [0.1, 0.15) is 80.2 Å². The normalized spacial score (nSPS) is 15.6. The van der Waals surface area contributed by atoms with Gasteiger partial charge >= 0.3 is 12.3 Å². The lowest BCUT2D eigenvalue weighted by Gasteiger charge is -2.37. The number of hydrogen-bond acceptors (Lipinski definition) is 8. The molecule has 1 atom stereocenters. The molecule has 2 aliphatic heterocycles. The molecule has 0 aromatic heterocycles. The van der Waals surface area contributed by atoms with Gasteiger partial charge in [0, 0.05) is 74.2 Å². The molecule has 296 valence electrons. The van der Waals surface area contributed by atoms with E-state index in [1.165, 1.54) is 23.7 Å². The average Bonchev–Trinajstić information content (AvgIpc) is 3.17. The molecule has 0 spiro atoms. The second-order valence-electron chi connectivity index (χ2n) is 11.2. The largest absolute Gasteiger partial charge is 0.437 e. The fourth-order valence-corrected chi connectivity index (χ4v) is 5.07. The van der Waals surface area contributed by atoms with Gasteiger partial charge in [0.25, 0.3) is 0 Å². The lowest BCUT2D eigenvalue weighted by atomic mass is 9.92. The first-order valence-corrected chi connectivity index (χ1v) is 17.8. The Bertz CT molecular complexity index is 1470. The minimum absolute atomic E-state index is 0.199. The summed E-state index contributed by atoms with van der Waals surface area (Å²) in [4.78, 5) is 22.2. The molecule has 1 fully saturated rings. The number of aliphatic imine (C=N–C) groups is 1. The van der Waals surface area contributed by atoms with Crippen LogP contribution in [0.4, 0.5) is 22.4 Å². The van der Waals surface area contributed by atoms with E-state index >= 15 is 0 Å². The van der Waals surface area contributed by atoms with Crippen LogP contribution in [-0.2, 0) is 4.74 Å². The number of piperazine rings is 1. The van der Waals surface area contributed by atoms with Gasteiger partial charge in [-0.15, -0.1) is 0 Å². The number of allylic oxidation sites excluding steroid dienone is 8. The highest BCUT2D eigenvalue weighted by Gasteiger charge is 2.40. The van der Waals surface area contributed by atoms with Gasteiger partial charge in [-0.1, -0.05) is 64.5 Å². The van der Waals surface area contributed by atoms with E-state index < -0.39 is 18.4 Å². The van der Waals surface area contributed by atoms with Gasteiger partial charge in [0.05, 0.1) is 11.6 Å². The summed E-state index contributed by atoms with van der Waals surface area (Å²) >= 11 is 0. The van der Waals surface area contributed by atoms with Gasteiger partial charge in [0.2, 0.25) is 0 Å². The third kappa shape index (κ3) is 17.1. The Balaban J connectivity index is 0. The highest BCUT2D eigenvalue weighted by Crippen LogP contribution is 2.31. The van der Waals surface area contributed by atoms with Crippen molar-refractivity contribution in [3.63, 3.8) is 0 Å². The number of alkyl halides is 3. The number of nitriles is 1. The van der Waals surface area contributed by atoms with Gasteiger partial charge in [0.15, 0.2) is 6.10 Å². The molecule has 0 radical (unpaired) electrons. The first-order chi connectivity index (χ1) is 25.3. The van der Waals surface area contributed by atoms with Crippen LogP contribution in [0.2, 0.25) is 0 Å². The van der Waals surface area contributed by atoms with Crippen molar-refractivity contribution in [3.05, 3.63) is 88.7 Å². The van der Waals surface area contributed by atoms with Crippen molar-refractivity contribution in [1.82, 2.24) is 14.7 Å². The number of nitrogens with two attached hydrogens (primary N) is 1. The van der Waals surface area contributed by atoms with Crippen LogP contribution in [0.5, 0.6) is 0 Å². The van der Waals surface area contributed by atoms with Crippen molar-refractivity contribution in [2.24, 2.45) is 10.7 Å². The van der Waals surface area contributed by atoms with Crippen LogP contribution >= 0.6 is 0 Å². The summed E-state index contributed by atoms with van der Waals surface area (Å²) in [7, 11) is 3.56. The van der Waals surface area contributed by atoms with Crippen LogP contribution in [-0.4, -0.2) is 92.3 Å². The Kier molecular flexibility index (Phi) is 26.5. The number of benzene rings is 1. The molecular weight excluding hydrogens is 686 g/mol. The maximum absolute atomic E-state index is 14.7. The number of nitrogens with zero attached hydrogens (tertiary/aromatic N) is 5. The number of rotatable bonds is 9. The highest BCUT2D eigenvalue weighted by atomic mass is 19.4. The van der Waals surface area contributed by atoms with E-state index in [2.05, 4.69) is 47.1 Å². The second kappa shape index (κ2) is 27.9. The SMILES string of the molecule is C=N.CC.CCCC1=CC(C#N)=CCN1C.CN.C\C=C(C(/C(C)=N/C=C/CC)=C(/C)N1CCN(C(=O)OC(C)C(F)(F)F)CC1)\c1ccccc1F. The fourth-order valence-electron chi connectivity index (χ4n) is 5.07. The topological polar surface area (TPSA) is 122 Å². The predicted molar refractivity (Wildman–Crippen MR) is 211 cm³/mol. The molecule has 0 saturated carbocycles. The maximum atomic E-state index is 14.7. The molecule has 53 heavy (non-hydrogen) atoms. The molecule has 0 bridgehead atoms. The Morgan fingerprint density at radius 1 is 1.11 bits per heavy atom. The first kappa shape index (κ1) is 50.4. The zero-order valence-electron chi connectivity index (χ0n) is 33.3. The van der Waals surface area contributed by atoms with E-state index in [1.54, 1.807) is 24.4 Å². The number of amides is 1. The molecule has 0 aliphatic carbocycles. The van der Waals surface area contributed by atoms with Crippen LogP contribution < -0.4 is 5.73 Å². The zero-order valence-corrected chi connectivity index (χ0v) is 33.3. The summed E-state index contributed by atoms with van der Waals surface area (Å²) in [5.41, 5.74) is 10.0. The van der Waals surface area contributed by atoms with Gasteiger partial charge < -0.3 is 30.6 Å². The highest BCUT2D eigenvalue weighted by molar-refractivity contribution is 6.12. The first-order valence-electron chi connectivity index (χ1n) is 17.8. The van der Waals surface area contributed by atoms with E-state index in [1.807, 2.05) is 70.7 Å². The summed E-state index contributed by atoms with van der Waals surface area (Å²) in [6.07, 6.45) is 4.67. The fraction of sp³-hybridized carbons (Fsp3) is 0.500. The molecule has 3 rings (SSSR count). The molecule has 1 unspecified atom stereocenters. The minimum atomic E-state index is -4.61. The van der Waals surface area contributed by atoms with E-state index in [4.69, 9.17) is 10.7 Å². The monoisotopic (exact) mass is 747 g/mol. The summed E-state index contributed by atoms with van der Waals surface area (Å²) in [5, 5.41) is 14.2. The predicted octanol–water partition coefficient (Wildman–Crippen LogP) is 9.53. The lowest BCUT2D eigenvalue weighted by molar-refractivity contribution is -0.199. The molecular formula is C40H61F4N7O2. The van der Waals surface area contributed by atoms with E-state index in [0.29, 0.717) is 29.9 Å². The van der Waals surface area contributed by atoms with Gasteiger partial charge in [-0.3, -0.25) is 4.99 Å². The number of likely N-dealkylation sites (N-methyl/N-ethyl adjacent to an activating group) is 1. The maximum Gasteiger partial charge on any atom is 0.425 e. The Labute approximate surface area is 315 Å². The van der Waals surface area contributed by atoms with Crippen LogP contribution in [0.3, 0.4) is 0 Å². The lowest BCUT2D eigenvalue weighted by Crippen LogP contribution is -2.49. The summed E-state index contributed by atoms with van der Waals surface area (Å²) in [5.74, 6) is -0.353. The molecule has 13 heteroatoms. The smallest absolute Gasteiger partial charge is 0.425 e. The Hall–Kier alpha value is -4.70. The van der Waals surface area contributed by atoms with Crippen molar-refractivity contribution in [2.45, 2.75) is 86.9 Å². The molecule has 9 nitrogen and oxygen atoms in total. The van der Waals surface area contributed by atoms with Crippen molar-refractivity contribution in [1.29, 1.82) is 10.7 Å². The quantitative estimate of drug-likeness (QED) is 0.147. The number of nitrogens with one attached hydrogen (secondary N) is 1. The molecule has 1 aromatic rings. The van der Waals surface area contributed by atoms with E-state index in [-0.39, 0.29) is 18.9 Å². The van der Waals surface area contributed by atoms with Crippen molar-refractivity contribution >= 4 is 24.1 Å². The third-order valence-electron chi connectivity index (χ3n) is 7.84. The van der Waals surface area contributed by atoms with Gasteiger partial charge in [-0.25, -0.2) is 9.18 Å². The third-order valence-corrected chi connectivity index (χ3v) is 7.84. The molecule has 2 heterocycles. The molecule has 1 aromatic carbocycles. The van der Waals surface area contributed by atoms with Crippen LogP contribution in [0, 0.1) is 22.6 Å². The number of ether oxygens (including phenoxy) is 1. The molecule has 3 N–H and O–H groups in total. The molecule has 2 aliphatic rings. The minimum Gasteiger partial charge on any atom is -0.437 e.